The molecule has 2 aliphatic rings. The zero-order valence-corrected chi connectivity index (χ0v) is 20.0. The van der Waals surface area contributed by atoms with Gasteiger partial charge in [0.25, 0.3) is 0 Å². The molecule has 2 aliphatic heterocycles. The van der Waals surface area contributed by atoms with Crippen LogP contribution in [0.2, 0.25) is 5.02 Å². The number of fused-ring (bicyclic) bond motifs is 3. The van der Waals surface area contributed by atoms with Gasteiger partial charge in [0.05, 0.1) is 22.0 Å². The molecule has 0 saturated carbocycles. The Labute approximate surface area is 200 Å². The molecule has 1 aromatic carbocycles. The minimum absolute atomic E-state index is 0.224. The summed E-state index contributed by atoms with van der Waals surface area (Å²) >= 11 is 8.14. The average Bonchev–Trinajstić information content (AvgIpc) is 3.53. The van der Waals surface area contributed by atoms with Crippen molar-refractivity contribution in [2.24, 2.45) is 0 Å². The monoisotopic (exact) mass is 481 g/mol. The molecule has 33 heavy (non-hydrogen) atoms. The second-order valence-corrected chi connectivity index (χ2v) is 10.4. The van der Waals surface area contributed by atoms with Gasteiger partial charge in [-0.3, -0.25) is 4.98 Å². The Bertz CT molecular complexity index is 1360. The first-order valence-corrected chi connectivity index (χ1v) is 12.4. The highest BCUT2D eigenvalue weighted by Gasteiger charge is 2.35. The molecule has 3 aromatic heterocycles. The Balaban J connectivity index is 1.43. The van der Waals surface area contributed by atoms with E-state index in [-0.39, 0.29) is 6.10 Å². The van der Waals surface area contributed by atoms with Crippen molar-refractivity contribution in [1.82, 2.24) is 15.0 Å². The Hall–Kier alpha value is -2.45. The summed E-state index contributed by atoms with van der Waals surface area (Å²) in [5.41, 5.74) is 6.08. The van der Waals surface area contributed by atoms with Gasteiger partial charge in [0.1, 0.15) is 5.75 Å². The highest BCUT2D eigenvalue weighted by Crippen LogP contribution is 2.48. The van der Waals surface area contributed by atoms with Crippen molar-refractivity contribution in [1.29, 1.82) is 0 Å². The predicted octanol–water partition coefficient (Wildman–Crippen LogP) is 5.71. The Morgan fingerprint density at radius 2 is 2.18 bits per heavy atom. The first-order chi connectivity index (χ1) is 16.0. The maximum atomic E-state index is 10.4. The quantitative estimate of drug-likeness (QED) is 0.402. The van der Waals surface area contributed by atoms with Gasteiger partial charge in [-0.05, 0) is 37.7 Å². The zero-order chi connectivity index (χ0) is 22.7. The van der Waals surface area contributed by atoms with Gasteiger partial charge in [-0.1, -0.05) is 23.7 Å². The highest BCUT2D eigenvalue weighted by atomic mass is 35.5. The number of aliphatic hydroxyl groups is 1. The van der Waals surface area contributed by atoms with Gasteiger partial charge >= 0.3 is 0 Å². The van der Waals surface area contributed by atoms with Gasteiger partial charge in [-0.25, -0.2) is 0 Å². The molecule has 0 radical (unpaired) electrons. The van der Waals surface area contributed by atoms with Crippen molar-refractivity contribution in [3.8, 4) is 16.9 Å². The Morgan fingerprint density at radius 1 is 1.30 bits per heavy atom. The Morgan fingerprint density at radius 3 is 3.03 bits per heavy atom. The van der Waals surface area contributed by atoms with E-state index in [1.54, 1.807) is 17.5 Å². The number of hydrogen-bond acceptors (Lipinski definition) is 7. The fourth-order valence-electron chi connectivity index (χ4n) is 4.83. The number of likely N-dealkylation sites (N-methyl/N-ethyl adjacent to an activating group) is 1. The van der Waals surface area contributed by atoms with Crippen LogP contribution in [0.4, 0.5) is 0 Å². The molecule has 5 heterocycles. The summed E-state index contributed by atoms with van der Waals surface area (Å²) in [5, 5.41) is 15.4. The molecule has 0 bridgehead atoms. The lowest BCUT2D eigenvalue weighted by Gasteiger charge is -2.22. The van der Waals surface area contributed by atoms with E-state index in [2.05, 4.69) is 22.1 Å². The number of pyridine rings is 1. The van der Waals surface area contributed by atoms with Gasteiger partial charge in [0, 0.05) is 64.3 Å². The number of nitrogens with zero attached hydrogens (tertiary/aromatic N) is 3. The molecule has 0 fully saturated rings. The van der Waals surface area contributed by atoms with E-state index in [0.29, 0.717) is 17.9 Å². The maximum absolute atomic E-state index is 10.4. The van der Waals surface area contributed by atoms with Gasteiger partial charge in [-0.2, -0.15) is 0 Å². The van der Waals surface area contributed by atoms with Crippen LogP contribution in [-0.4, -0.2) is 33.7 Å². The molecule has 8 heteroatoms. The van der Waals surface area contributed by atoms with Gasteiger partial charge in [0.2, 0.25) is 0 Å². The third-order valence-corrected chi connectivity index (χ3v) is 8.06. The SMILES string of the molecule is CCC(O)c1cc2nccc(-c3cc(Cl)cc4c3O[C@@H](c3onc5c3CN(C)CC5)C4)c2s1. The maximum Gasteiger partial charge on any atom is 0.182 e. The smallest absolute Gasteiger partial charge is 0.182 e. The van der Waals surface area contributed by atoms with E-state index in [1.807, 2.05) is 31.2 Å². The summed E-state index contributed by atoms with van der Waals surface area (Å²) in [5.74, 6) is 1.65. The fourth-order valence-corrected chi connectivity index (χ4v) is 6.28. The van der Waals surface area contributed by atoms with Crippen LogP contribution in [0.5, 0.6) is 5.75 Å². The molecule has 0 aliphatic carbocycles. The molecule has 6 nitrogen and oxygen atoms in total. The second kappa shape index (κ2) is 8.09. The number of rotatable bonds is 4. The molecule has 1 N–H and O–H groups in total. The summed E-state index contributed by atoms with van der Waals surface area (Å²) < 4.78 is 13.4. The van der Waals surface area contributed by atoms with Crippen LogP contribution in [0.15, 0.2) is 35.0 Å². The molecule has 2 atom stereocenters. The normalized spacial score (nSPS) is 18.8. The van der Waals surface area contributed by atoms with Gasteiger partial charge in [-0.15, -0.1) is 11.3 Å². The van der Waals surface area contributed by atoms with E-state index in [4.69, 9.17) is 20.9 Å². The molecule has 0 saturated heterocycles. The van der Waals surface area contributed by atoms with Crippen LogP contribution in [-0.2, 0) is 19.4 Å². The number of benzene rings is 1. The highest BCUT2D eigenvalue weighted by molar-refractivity contribution is 7.19. The molecular formula is C25H24ClN3O3S. The number of hydrogen-bond donors (Lipinski definition) is 1. The number of halogens is 1. The van der Waals surface area contributed by atoms with Crippen molar-refractivity contribution in [2.45, 2.75) is 44.9 Å². The number of aliphatic hydroxyl groups excluding tert-OH is 1. The third kappa shape index (κ3) is 3.54. The van der Waals surface area contributed by atoms with Crippen molar-refractivity contribution >= 4 is 33.2 Å². The van der Waals surface area contributed by atoms with E-state index in [9.17, 15) is 5.11 Å². The van der Waals surface area contributed by atoms with Crippen LogP contribution >= 0.6 is 22.9 Å². The van der Waals surface area contributed by atoms with E-state index < -0.39 is 6.10 Å². The molecule has 170 valence electrons. The van der Waals surface area contributed by atoms with E-state index in [1.165, 1.54) is 0 Å². The molecular weight excluding hydrogens is 458 g/mol. The van der Waals surface area contributed by atoms with Crippen LogP contribution < -0.4 is 4.74 Å². The summed E-state index contributed by atoms with van der Waals surface area (Å²) in [6, 6.07) is 7.91. The number of thiophene rings is 1. The van der Waals surface area contributed by atoms with Gasteiger partial charge in [0.15, 0.2) is 11.9 Å². The minimum atomic E-state index is -0.487. The van der Waals surface area contributed by atoms with Gasteiger partial charge < -0.3 is 19.3 Å². The molecule has 4 aromatic rings. The van der Waals surface area contributed by atoms with E-state index in [0.717, 1.165) is 74.1 Å². The van der Waals surface area contributed by atoms with Crippen LogP contribution in [0.3, 0.4) is 0 Å². The minimum Gasteiger partial charge on any atom is -0.481 e. The summed E-state index contributed by atoms with van der Waals surface area (Å²) in [6.45, 7) is 3.78. The van der Waals surface area contributed by atoms with Crippen LogP contribution in [0.1, 0.15) is 53.0 Å². The summed E-state index contributed by atoms with van der Waals surface area (Å²) in [6.07, 6.45) is 3.33. The third-order valence-electron chi connectivity index (χ3n) is 6.58. The van der Waals surface area contributed by atoms with Crippen LogP contribution in [0, 0.1) is 0 Å². The molecule has 0 spiro atoms. The van der Waals surface area contributed by atoms with Crippen LogP contribution in [0.25, 0.3) is 21.3 Å². The predicted molar refractivity (Wildman–Crippen MR) is 129 cm³/mol. The first-order valence-electron chi connectivity index (χ1n) is 11.2. The first kappa shape index (κ1) is 21.1. The summed E-state index contributed by atoms with van der Waals surface area (Å²) in [7, 11) is 2.11. The number of ether oxygens (including phenoxy) is 1. The lowest BCUT2D eigenvalue weighted by Crippen LogP contribution is -2.27. The Kier molecular flexibility index (Phi) is 5.18. The molecule has 1 unspecified atom stereocenters. The zero-order valence-electron chi connectivity index (χ0n) is 18.5. The number of aromatic nitrogens is 2. The van der Waals surface area contributed by atoms with Crippen molar-refractivity contribution in [3.05, 3.63) is 62.9 Å². The van der Waals surface area contributed by atoms with E-state index >= 15 is 0 Å². The van der Waals surface area contributed by atoms with Crippen molar-refractivity contribution in [2.75, 3.05) is 13.6 Å². The topological polar surface area (TPSA) is 71.6 Å². The largest absolute Gasteiger partial charge is 0.481 e. The molecule has 0 amide bonds. The standard InChI is InChI=1S/C25H24ClN3O3S/c1-3-20(30)22-11-19-25(33-22)15(4-6-27-19)16-10-14(26)8-13-9-21(31-23(13)16)24-17-12-29(2)7-5-18(17)28-32-24/h4,6,8,10-11,20-21,30H,3,5,7,9,12H2,1-2H3/t20?,21-/m1/s1. The van der Waals surface area contributed by atoms with Crippen molar-refractivity contribution < 1.29 is 14.4 Å². The lowest BCUT2D eigenvalue weighted by atomic mass is 9.99. The lowest BCUT2D eigenvalue weighted by molar-refractivity contribution is 0.177. The summed E-state index contributed by atoms with van der Waals surface area (Å²) in [4.78, 5) is 7.73. The second-order valence-electron chi connectivity index (χ2n) is 8.86. The fraction of sp³-hybridized carbons (Fsp3) is 0.360. The molecule has 6 rings (SSSR count). The van der Waals surface area contributed by atoms with Crippen molar-refractivity contribution in [3.63, 3.8) is 0 Å². The average molecular weight is 482 g/mol.